The highest BCUT2D eigenvalue weighted by atomic mass is 14.6. The lowest BCUT2D eigenvalue weighted by Gasteiger charge is -2.04. The number of hydrogen-bond acceptors (Lipinski definition) is 2. The highest BCUT2D eigenvalue weighted by Crippen LogP contribution is 2.06. The summed E-state index contributed by atoms with van der Waals surface area (Å²) in [6.07, 6.45) is 1.98. The topological polar surface area (TPSA) is 49.8 Å². The van der Waals surface area contributed by atoms with Gasteiger partial charge in [0.25, 0.3) is 0 Å². The largest absolute Gasteiger partial charge is 0.328 e. The first kappa shape index (κ1) is 9.76. The number of rotatable bonds is 3. The second-order valence-corrected chi connectivity index (χ2v) is 3.32. The minimum absolute atomic E-state index is 0.246. The summed E-state index contributed by atoms with van der Waals surface area (Å²) in [4.78, 5) is 0. The van der Waals surface area contributed by atoms with Crippen molar-refractivity contribution in [3.8, 4) is 6.07 Å². The molecule has 68 valence electrons. The number of aryl methyl sites for hydroxylation is 1. The first-order valence-corrected chi connectivity index (χ1v) is 4.47. The molecular formula is C11H14N2. The average Bonchev–Trinajstić information content (AvgIpc) is 2.15. The number of nitriles is 1. The van der Waals surface area contributed by atoms with Crippen molar-refractivity contribution in [1.29, 1.82) is 5.26 Å². The Morgan fingerprint density at radius 3 is 2.46 bits per heavy atom. The molecule has 0 radical (unpaired) electrons. The summed E-state index contributed by atoms with van der Waals surface area (Å²) in [6, 6.07) is 10.0. The van der Waals surface area contributed by atoms with Crippen molar-refractivity contribution in [3.05, 3.63) is 35.4 Å². The smallest absolute Gasteiger partial charge is 0.0991 e. The molecule has 1 atom stereocenters. The molecule has 1 rings (SSSR count). The third kappa shape index (κ3) is 3.27. The second kappa shape index (κ2) is 4.64. The van der Waals surface area contributed by atoms with E-state index in [1.165, 1.54) is 5.56 Å². The number of nitrogens with zero attached hydrogens (tertiary/aromatic N) is 1. The molecule has 0 aliphatic carbocycles. The molecule has 0 aromatic heterocycles. The molecule has 0 amide bonds. The maximum atomic E-state index is 8.58. The summed E-state index contributed by atoms with van der Waals surface area (Å²) in [7, 11) is 0. The van der Waals surface area contributed by atoms with Crippen LogP contribution < -0.4 is 5.73 Å². The van der Waals surface area contributed by atoms with Crippen LogP contribution in [0.5, 0.6) is 0 Å². The molecule has 0 heterocycles. The maximum absolute atomic E-state index is 8.58. The van der Waals surface area contributed by atoms with Gasteiger partial charge in [-0.2, -0.15) is 5.26 Å². The Balaban J connectivity index is 2.55. The molecule has 2 heteroatoms. The standard InChI is InChI=1S/C11H14N2/c1-9(13)2-3-10-4-6-11(8-12)7-5-10/h4-7,9H,2-3,13H2,1H3/t9-/m0/s1. The predicted molar refractivity (Wildman–Crippen MR) is 53.1 cm³/mol. The fraction of sp³-hybridized carbons (Fsp3) is 0.364. The average molecular weight is 174 g/mol. The lowest BCUT2D eigenvalue weighted by molar-refractivity contribution is 0.666. The van der Waals surface area contributed by atoms with Gasteiger partial charge in [0.1, 0.15) is 0 Å². The van der Waals surface area contributed by atoms with Crippen molar-refractivity contribution in [1.82, 2.24) is 0 Å². The van der Waals surface area contributed by atoms with Crippen molar-refractivity contribution < 1.29 is 0 Å². The molecule has 0 bridgehead atoms. The second-order valence-electron chi connectivity index (χ2n) is 3.32. The fourth-order valence-corrected chi connectivity index (χ4v) is 1.14. The predicted octanol–water partition coefficient (Wildman–Crippen LogP) is 1.84. The van der Waals surface area contributed by atoms with Crippen LogP contribution in [-0.4, -0.2) is 6.04 Å². The molecule has 0 saturated carbocycles. The molecule has 2 N–H and O–H groups in total. The lowest BCUT2D eigenvalue weighted by Crippen LogP contribution is -2.15. The van der Waals surface area contributed by atoms with Crippen molar-refractivity contribution in [3.63, 3.8) is 0 Å². The van der Waals surface area contributed by atoms with Gasteiger partial charge >= 0.3 is 0 Å². The van der Waals surface area contributed by atoms with Crippen LogP contribution in [0.15, 0.2) is 24.3 Å². The van der Waals surface area contributed by atoms with E-state index in [0.717, 1.165) is 12.8 Å². The van der Waals surface area contributed by atoms with E-state index in [1.807, 2.05) is 31.2 Å². The SMILES string of the molecule is C[C@H](N)CCc1ccc(C#N)cc1. The van der Waals surface area contributed by atoms with Crippen molar-refractivity contribution in [2.75, 3.05) is 0 Å². The number of benzene rings is 1. The third-order valence-electron chi connectivity index (χ3n) is 1.97. The first-order chi connectivity index (χ1) is 6.22. The maximum Gasteiger partial charge on any atom is 0.0991 e. The van der Waals surface area contributed by atoms with E-state index < -0.39 is 0 Å². The summed E-state index contributed by atoms with van der Waals surface area (Å²) in [5.74, 6) is 0. The Morgan fingerprint density at radius 2 is 2.00 bits per heavy atom. The molecule has 2 nitrogen and oxygen atoms in total. The molecule has 0 fully saturated rings. The highest BCUT2D eigenvalue weighted by Gasteiger charge is 1.96. The van der Waals surface area contributed by atoms with E-state index in [9.17, 15) is 0 Å². The van der Waals surface area contributed by atoms with E-state index in [4.69, 9.17) is 11.0 Å². The van der Waals surface area contributed by atoms with Gasteiger partial charge in [0.05, 0.1) is 11.6 Å². The van der Waals surface area contributed by atoms with Gasteiger partial charge in [-0.25, -0.2) is 0 Å². The van der Waals surface area contributed by atoms with Crippen LogP contribution in [0.3, 0.4) is 0 Å². The van der Waals surface area contributed by atoms with E-state index in [2.05, 4.69) is 6.07 Å². The zero-order valence-corrected chi connectivity index (χ0v) is 7.83. The lowest BCUT2D eigenvalue weighted by atomic mass is 10.1. The van der Waals surface area contributed by atoms with E-state index >= 15 is 0 Å². The summed E-state index contributed by atoms with van der Waals surface area (Å²) in [5, 5.41) is 8.58. The Bertz CT molecular complexity index is 293. The van der Waals surface area contributed by atoms with Gasteiger partial charge in [0.2, 0.25) is 0 Å². The number of nitrogens with two attached hydrogens (primary N) is 1. The van der Waals surface area contributed by atoms with Crippen LogP contribution >= 0.6 is 0 Å². The Labute approximate surface area is 79.0 Å². The molecule has 1 aromatic carbocycles. The van der Waals surface area contributed by atoms with Crippen molar-refractivity contribution in [2.45, 2.75) is 25.8 Å². The van der Waals surface area contributed by atoms with Crippen molar-refractivity contribution in [2.24, 2.45) is 5.73 Å². The van der Waals surface area contributed by atoms with Crippen LogP contribution in [0.4, 0.5) is 0 Å². The van der Waals surface area contributed by atoms with E-state index in [0.29, 0.717) is 5.56 Å². The molecule has 0 saturated heterocycles. The van der Waals surface area contributed by atoms with Gasteiger partial charge in [-0.05, 0) is 37.5 Å². The Kier molecular flexibility index (Phi) is 3.48. The van der Waals surface area contributed by atoms with Gasteiger partial charge in [-0.3, -0.25) is 0 Å². The molecule has 0 unspecified atom stereocenters. The van der Waals surface area contributed by atoms with Crippen molar-refractivity contribution >= 4 is 0 Å². The van der Waals surface area contributed by atoms with Gasteiger partial charge in [-0.1, -0.05) is 12.1 Å². The van der Waals surface area contributed by atoms with Crippen LogP contribution in [0.2, 0.25) is 0 Å². The number of hydrogen-bond donors (Lipinski definition) is 1. The van der Waals surface area contributed by atoms with Gasteiger partial charge < -0.3 is 5.73 Å². The molecule has 0 spiro atoms. The quantitative estimate of drug-likeness (QED) is 0.760. The molecule has 1 aromatic rings. The van der Waals surface area contributed by atoms with Gasteiger partial charge in [0, 0.05) is 6.04 Å². The highest BCUT2D eigenvalue weighted by molar-refractivity contribution is 5.31. The van der Waals surface area contributed by atoms with Crippen LogP contribution in [0.25, 0.3) is 0 Å². The van der Waals surface area contributed by atoms with Crippen LogP contribution in [-0.2, 0) is 6.42 Å². The summed E-state index contributed by atoms with van der Waals surface area (Å²) in [5.41, 5.74) is 7.60. The Morgan fingerprint density at radius 1 is 1.38 bits per heavy atom. The van der Waals surface area contributed by atoms with E-state index in [1.54, 1.807) is 0 Å². The molecule has 13 heavy (non-hydrogen) atoms. The van der Waals surface area contributed by atoms with E-state index in [-0.39, 0.29) is 6.04 Å². The van der Waals surface area contributed by atoms with Gasteiger partial charge in [0.15, 0.2) is 0 Å². The molecule has 0 aliphatic heterocycles. The van der Waals surface area contributed by atoms with Gasteiger partial charge in [-0.15, -0.1) is 0 Å². The molecular weight excluding hydrogens is 160 g/mol. The Hall–Kier alpha value is -1.33. The third-order valence-corrected chi connectivity index (χ3v) is 1.97. The fourth-order valence-electron chi connectivity index (χ4n) is 1.14. The van der Waals surface area contributed by atoms with Crippen LogP contribution in [0.1, 0.15) is 24.5 Å². The zero-order chi connectivity index (χ0) is 9.68. The molecule has 0 aliphatic rings. The normalized spacial score (nSPS) is 12.1. The van der Waals surface area contributed by atoms with Crippen LogP contribution in [0, 0.1) is 11.3 Å². The summed E-state index contributed by atoms with van der Waals surface area (Å²) >= 11 is 0. The first-order valence-electron chi connectivity index (χ1n) is 4.47. The minimum Gasteiger partial charge on any atom is -0.328 e. The monoisotopic (exact) mass is 174 g/mol. The zero-order valence-electron chi connectivity index (χ0n) is 7.83. The summed E-state index contributed by atoms with van der Waals surface area (Å²) < 4.78 is 0. The summed E-state index contributed by atoms with van der Waals surface area (Å²) in [6.45, 7) is 2.00. The minimum atomic E-state index is 0.246.